The summed E-state index contributed by atoms with van der Waals surface area (Å²) in [5.41, 5.74) is 1.93. The molecule has 0 amide bonds. The summed E-state index contributed by atoms with van der Waals surface area (Å²) in [6.45, 7) is 0. The molecule has 2 aromatic heterocycles. The normalized spacial score (nSPS) is 17.5. The number of nitrogens with one attached hydrogen (secondary N) is 1. The lowest BCUT2D eigenvalue weighted by atomic mass is 10.4. The smallest absolute Gasteiger partial charge is 0.367 e. The highest BCUT2D eigenvalue weighted by Crippen LogP contribution is 2.29. The summed E-state index contributed by atoms with van der Waals surface area (Å²) in [6.07, 6.45) is -0.996. The van der Waals surface area contributed by atoms with Crippen LogP contribution in [0.1, 0.15) is 5.69 Å². The SMILES string of the molecule is Cl.OC1C(n2cnc(C(F)(F)F)c2)=CNN1c1ccc(Br)cn1. The lowest BCUT2D eigenvalue weighted by molar-refractivity contribution is -0.140. The van der Waals surface area contributed by atoms with Crippen LogP contribution in [-0.4, -0.2) is 25.9 Å². The number of hydrogen-bond donors (Lipinski definition) is 2. The summed E-state index contributed by atoms with van der Waals surface area (Å²) in [6, 6.07) is 3.37. The van der Waals surface area contributed by atoms with E-state index in [1.165, 1.54) is 11.2 Å². The highest BCUT2D eigenvalue weighted by atomic mass is 79.9. The van der Waals surface area contributed by atoms with Crippen molar-refractivity contribution in [3.63, 3.8) is 0 Å². The molecule has 0 aromatic carbocycles. The summed E-state index contributed by atoms with van der Waals surface area (Å²) < 4.78 is 39.6. The van der Waals surface area contributed by atoms with Crippen LogP contribution >= 0.6 is 28.3 Å². The fourth-order valence-electron chi connectivity index (χ4n) is 1.93. The first kappa shape index (κ1) is 17.6. The van der Waals surface area contributed by atoms with Crippen LogP contribution in [0.15, 0.2) is 41.5 Å². The average Bonchev–Trinajstić information content (AvgIpc) is 3.06. The van der Waals surface area contributed by atoms with E-state index in [1.54, 1.807) is 18.3 Å². The van der Waals surface area contributed by atoms with Gasteiger partial charge in [0.25, 0.3) is 0 Å². The van der Waals surface area contributed by atoms with Gasteiger partial charge in [-0.1, -0.05) is 0 Å². The number of rotatable bonds is 2. The van der Waals surface area contributed by atoms with Crippen LogP contribution in [0.3, 0.4) is 0 Å². The summed E-state index contributed by atoms with van der Waals surface area (Å²) in [5.74, 6) is 0.415. The van der Waals surface area contributed by atoms with E-state index in [-0.39, 0.29) is 18.1 Å². The van der Waals surface area contributed by atoms with Gasteiger partial charge in [-0.3, -0.25) is 5.43 Å². The predicted molar refractivity (Wildman–Crippen MR) is 82.3 cm³/mol. The molecule has 0 radical (unpaired) electrons. The van der Waals surface area contributed by atoms with Gasteiger partial charge >= 0.3 is 6.18 Å². The lowest BCUT2D eigenvalue weighted by Gasteiger charge is -2.23. The van der Waals surface area contributed by atoms with E-state index < -0.39 is 18.1 Å². The van der Waals surface area contributed by atoms with Crippen LogP contribution in [0.25, 0.3) is 5.70 Å². The van der Waals surface area contributed by atoms with Gasteiger partial charge in [-0.15, -0.1) is 12.4 Å². The largest absolute Gasteiger partial charge is 0.434 e. The van der Waals surface area contributed by atoms with Crippen molar-refractivity contribution in [2.45, 2.75) is 12.4 Å². The van der Waals surface area contributed by atoms with Gasteiger partial charge in [-0.05, 0) is 28.1 Å². The molecule has 3 rings (SSSR count). The maximum atomic E-state index is 12.6. The molecule has 0 saturated carbocycles. The Morgan fingerprint density at radius 3 is 2.57 bits per heavy atom. The fourth-order valence-corrected chi connectivity index (χ4v) is 2.17. The van der Waals surface area contributed by atoms with Crippen LogP contribution in [0.5, 0.6) is 0 Å². The third kappa shape index (κ3) is 3.43. The highest BCUT2D eigenvalue weighted by Gasteiger charge is 2.35. The first-order valence-corrected chi connectivity index (χ1v) is 6.82. The number of alkyl halides is 3. The van der Waals surface area contributed by atoms with Crippen LogP contribution in [-0.2, 0) is 6.18 Å². The molecule has 1 aliphatic heterocycles. The van der Waals surface area contributed by atoms with E-state index in [1.807, 2.05) is 0 Å². The van der Waals surface area contributed by atoms with Crippen molar-refractivity contribution in [2.24, 2.45) is 0 Å². The highest BCUT2D eigenvalue weighted by molar-refractivity contribution is 9.10. The third-order valence-electron chi connectivity index (χ3n) is 2.99. The zero-order valence-electron chi connectivity index (χ0n) is 11.2. The number of hydrogen-bond acceptors (Lipinski definition) is 5. The molecule has 1 aliphatic rings. The van der Waals surface area contributed by atoms with Crippen LogP contribution in [0, 0.1) is 0 Å². The predicted octanol–water partition coefficient (Wildman–Crippen LogP) is 2.62. The van der Waals surface area contributed by atoms with Gasteiger partial charge in [0.1, 0.15) is 5.82 Å². The van der Waals surface area contributed by atoms with E-state index >= 15 is 0 Å². The van der Waals surface area contributed by atoms with E-state index in [0.717, 1.165) is 21.6 Å². The van der Waals surface area contributed by atoms with Crippen molar-refractivity contribution in [3.05, 3.63) is 47.2 Å². The molecule has 2 N–H and O–H groups in total. The Hall–Kier alpha value is -1.78. The minimum absolute atomic E-state index is 0. The van der Waals surface area contributed by atoms with Crippen LogP contribution in [0.4, 0.5) is 19.0 Å². The summed E-state index contributed by atoms with van der Waals surface area (Å²) >= 11 is 3.24. The number of nitrogens with zero attached hydrogens (tertiary/aromatic N) is 4. The van der Waals surface area contributed by atoms with Gasteiger partial charge in [0.05, 0.1) is 12.0 Å². The molecule has 11 heteroatoms. The first-order chi connectivity index (χ1) is 10.4. The van der Waals surface area contributed by atoms with E-state index in [2.05, 4.69) is 31.3 Å². The molecule has 2 aromatic rings. The number of aliphatic hydroxyl groups excluding tert-OH is 1. The van der Waals surface area contributed by atoms with Gasteiger partial charge in [-0.2, -0.15) is 13.2 Å². The maximum absolute atomic E-state index is 12.6. The molecule has 23 heavy (non-hydrogen) atoms. The van der Waals surface area contributed by atoms with Crippen molar-refractivity contribution in [2.75, 3.05) is 5.01 Å². The summed E-state index contributed by atoms with van der Waals surface area (Å²) in [4.78, 5) is 7.40. The molecule has 0 fully saturated rings. The molecule has 0 aliphatic carbocycles. The lowest BCUT2D eigenvalue weighted by Crippen LogP contribution is -2.39. The van der Waals surface area contributed by atoms with Crippen LogP contribution in [0.2, 0.25) is 0 Å². The van der Waals surface area contributed by atoms with Gasteiger partial charge in [0.15, 0.2) is 11.9 Å². The Kier molecular flexibility index (Phi) is 4.87. The van der Waals surface area contributed by atoms with Gasteiger partial charge in [-0.25, -0.2) is 15.0 Å². The number of imidazole rings is 1. The average molecular weight is 413 g/mol. The van der Waals surface area contributed by atoms with E-state index in [9.17, 15) is 18.3 Å². The molecular weight excluding hydrogens is 403 g/mol. The number of halogens is 5. The Morgan fingerprint density at radius 1 is 1.26 bits per heavy atom. The van der Waals surface area contributed by atoms with E-state index in [0.29, 0.717) is 5.82 Å². The fraction of sp³-hybridized carbons (Fsp3) is 0.167. The Bertz CT molecular complexity index is 718. The zero-order valence-corrected chi connectivity index (χ0v) is 13.6. The zero-order chi connectivity index (χ0) is 15.9. The van der Waals surface area contributed by atoms with Gasteiger partial charge in [0.2, 0.25) is 0 Å². The van der Waals surface area contributed by atoms with Gasteiger partial charge < -0.3 is 9.67 Å². The molecule has 0 saturated heterocycles. The second-order valence-corrected chi connectivity index (χ2v) is 5.36. The van der Waals surface area contributed by atoms with Crippen molar-refractivity contribution >= 4 is 39.9 Å². The minimum Gasteiger partial charge on any atom is -0.367 e. The Morgan fingerprint density at radius 2 is 2.00 bits per heavy atom. The van der Waals surface area contributed by atoms with Crippen LogP contribution < -0.4 is 10.4 Å². The second-order valence-electron chi connectivity index (χ2n) is 4.44. The van der Waals surface area contributed by atoms with Crippen molar-refractivity contribution in [1.29, 1.82) is 0 Å². The van der Waals surface area contributed by atoms with E-state index in [4.69, 9.17) is 0 Å². The maximum Gasteiger partial charge on any atom is 0.434 e. The molecule has 124 valence electrons. The molecular formula is C12H10BrClF3N5O. The van der Waals surface area contributed by atoms with Gasteiger partial charge in [0, 0.05) is 23.1 Å². The molecule has 0 spiro atoms. The number of pyridine rings is 1. The van der Waals surface area contributed by atoms with Crippen molar-refractivity contribution in [3.8, 4) is 0 Å². The second kappa shape index (κ2) is 6.38. The Balaban J connectivity index is 0.00000192. The topological polar surface area (TPSA) is 66.2 Å². The first-order valence-electron chi connectivity index (χ1n) is 6.03. The molecule has 3 heterocycles. The molecule has 6 nitrogen and oxygen atoms in total. The standard InChI is InChI=1S/C12H9BrF3N5O.ClH/c13-7-1-2-10(17-3-7)21-11(22)8(4-19-21)20-5-9(18-6-20)12(14,15)16;/h1-6,11,19,22H;1H. The molecule has 1 unspecified atom stereocenters. The third-order valence-corrected chi connectivity index (χ3v) is 3.46. The summed E-state index contributed by atoms with van der Waals surface area (Å²) in [7, 11) is 0. The monoisotopic (exact) mass is 411 g/mol. The van der Waals surface area contributed by atoms with Crippen molar-refractivity contribution in [1.82, 2.24) is 20.0 Å². The summed E-state index contributed by atoms with van der Waals surface area (Å²) in [5, 5.41) is 11.6. The Labute approximate surface area is 143 Å². The van der Waals surface area contributed by atoms with Crippen molar-refractivity contribution < 1.29 is 18.3 Å². The molecule has 0 bridgehead atoms. The number of aromatic nitrogens is 3. The minimum atomic E-state index is -4.53. The quantitative estimate of drug-likeness (QED) is 0.794. The number of hydrazine groups is 1. The number of aliphatic hydroxyl groups is 1. The molecule has 1 atom stereocenters. The number of anilines is 1.